The molecule has 3 rings (SSSR count). The van der Waals surface area contributed by atoms with Crippen LogP contribution >= 0.6 is 0 Å². The zero-order valence-electron chi connectivity index (χ0n) is 15.2. The summed E-state index contributed by atoms with van der Waals surface area (Å²) >= 11 is 0. The second-order valence-corrected chi connectivity index (χ2v) is 6.44. The monoisotopic (exact) mass is 393 g/mol. The third-order valence-corrected chi connectivity index (χ3v) is 4.45. The van der Waals surface area contributed by atoms with E-state index in [1.807, 2.05) is 13.0 Å². The molecule has 1 heterocycles. The first-order valence-corrected chi connectivity index (χ1v) is 8.69. The van der Waals surface area contributed by atoms with Crippen LogP contribution < -0.4 is 9.80 Å². The van der Waals surface area contributed by atoms with Gasteiger partial charge in [0, 0.05) is 12.8 Å². The number of hydroxylamine groups is 1. The first-order chi connectivity index (χ1) is 13.2. The van der Waals surface area contributed by atoms with E-state index in [9.17, 15) is 22.8 Å². The van der Waals surface area contributed by atoms with Gasteiger partial charge in [-0.15, -0.1) is 18.2 Å². The van der Waals surface area contributed by atoms with Gasteiger partial charge in [0.1, 0.15) is 5.75 Å². The van der Waals surface area contributed by atoms with Gasteiger partial charge in [-0.25, -0.2) is 4.79 Å². The predicted molar refractivity (Wildman–Crippen MR) is 95.3 cm³/mol. The predicted octanol–water partition coefficient (Wildman–Crippen LogP) is 4.65. The van der Waals surface area contributed by atoms with Gasteiger partial charge in [0.2, 0.25) is 0 Å². The number of ether oxygens (including phenoxy) is 1. The maximum absolute atomic E-state index is 12.5. The first-order valence-electron chi connectivity index (χ1n) is 8.69. The van der Waals surface area contributed by atoms with Crippen molar-refractivity contribution < 1.29 is 32.3 Å². The highest BCUT2D eigenvalue weighted by molar-refractivity contribution is 5.98. The molecule has 0 bridgehead atoms. The lowest BCUT2D eigenvalue weighted by molar-refractivity contribution is -0.274. The molecule has 0 spiro atoms. The molecule has 0 aromatic heterocycles. The highest BCUT2D eigenvalue weighted by Crippen LogP contribution is 2.36. The number of hydrogen-bond donors (Lipinski definition) is 0. The van der Waals surface area contributed by atoms with Crippen LogP contribution in [0.3, 0.4) is 0 Å². The standard InChI is InChI=1S/C20H18F3NO4/c1-3-13-10-16-11-15(6-9-18(16)24(19(13)26)28-12(2)25)14-4-7-17(8-5-14)27-20(21,22)23/h4-9,11,13H,3,10H2,1-2H3. The van der Waals surface area contributed by atoms with Crippen LogP contribution in [-0.4, -0.2) is 18.2 Å². The van der Waals surface area contributed by atoms with Crippen molar-refractivity contribution in [2.45, 2.75) is 33.1 Å². The van der Waals surface area contributed by atoms with Crippen LogP contribution in [0.2, 0.25) is 0 Å². The Balaban J connectivity index is 1.92. The molecule has 1 atom stereocenters. The first kappa shape index (κ1) is 19.7. The maximum Gasteiger partial charge on any atom is 0.573 e. The summed E-state index contributed by atoms with van der Waals surface area (Å²) in [5.74, 6) is -1.48. The van der Waals surface area contributed by atoms with Crippen LogP contribution in [-0.2, 0) is 20.8 Å². The van der Waals surface area contributed by atoms with Crippen molar-refractivity contribution >= 4 is 17.6 Å². The Labute approximate surface area is 159 Å². The molecule has 5 nitrogen and oxygen atoms in total. The maximum atomic E-state index is 12.5. The molecular formula is C20H18F3NO4. The number of fused-ring (bicyclic) bond motifs is 1. The van der Waals surface area contributed by atoms with Crippen LogP contribution in [0, 0.1) is 5.92 Å². The summed E-state index contributed by atoms with van der Waals surface area (Å²) in [6.07, 6.45) is -3.66. The van der Waals surface area contributed by atoms with E-state index in [2.05, 4.69) is 4.74 Å². The number of alkyl halides is 3. The molecule has 0 saturated carbocycles. The van der Waals surface area contributed by atoms with Gasteiger partial charge in [0.15, 0.2) is 0 Å². The molecule has 0 N–H and O–H groups in total. The molecule has 0 aliphatic carbocycles. The van der Waals surface area contributed by atoms with E-state index in [4.69, 9.17) is 4.84 Å². The van der Waals surface area contributed by atoms with Crippen molar-refractivity contribution in [1.82, 2.24) is 0 Å². The van der Waals surface area contributed by atoms with Crippen molar-refractivity contribution in [3.63, 3.8) is 0 Å². The zero-order chi connectivity index (χ0) is 20.5. The zero-order valence-corrected chi connectivity index (χ0v) is 15.2. The fourth-order valence-electron chi connectivity index (χ4n) is 3.15. The minimum atomic E-state index is -4.74. The van der Waals surface area contributed by atoms with Crippen LogP contribution in [0.4, 0.5) is 18.9 Å². The molecule has 28 heavy (non-hydrogen) atoms. The number of nitrogens with zero attached hydrogens (tertiary/aromatic N) is 1. The molecule has 1 unspecified atom stereocenters. The third kappa shape index (κ3) is 4.27. The average Bonchev–Trinajstić information content (AvgIpc) is 2.62. The summed E-state index contributed by atoms with van der Waals surface area (Å²) in [5, 5.41) is 1.03. The molecule has 148 valence electrons. The van der Waals surface area contributed by atoms with Gasteiger partial charge in [0.05, 0.1) is 5.69 Å². The molecule has 1 aliphatic heterocycles. The van der Waals surface area contributed by atoms with E-state index >= 15 is 0 Å². The van der Waals surface area contributed by atoms with E-state index in [1.165, 1.54) is 31.2 Å². The molecular weight excluding hydrogens is 375 g/mol. The Hall–Kier alpha value is -3.03. The van der Waals surface area contributed by atoms with Crippen molar-refractivity contribution in [2.75, 3.05) is 5.06 Å². The highest BCUT2D eigenvalue weighted by Gasteiger charge is 2.34. The minimum Gasteiger partial charge on any atom is -0.406 e. The van der Waals surface area contributed by atoms with Gasteiger partial charge in [-0.3, -0.25) is 4.79 Å². The van der Waals surface area contributed by atoms with Gasteiger partial charge < -0.3 is 9.57 Å². The molecule has 0 radical (unpaired) electrons. The second kappa shape index (κ2) is 7.53. The summed E-state index contributed by atoms with van der Waals surface area (Å²) in [7, 11) is 0. The van der Waals surface area contributed by atoms with Crippen molar-refractivity contribution in [1.29, 1.82) is 0 Å². The number of amides is 1. The number of carbonyl (C=O) groups excluding carboxylic acids is 2. The van der Waals surface area contributed by atoms with Crippen LogP contribution in [0.5, 0.6) is 5.75 Å². The van der Waals surface area contributed by atoms with Gasteiger partial charge in [-0.1, -0.05) is 25.1 Å². The van der Waals surface area contributed by atoms with Crippen molar-refractivity contribution in [3.8, 4) is 16.9 Å². The minimum absolute atomic E-state index is 0.272. The van der Waals surface area contributed by atoms with Gasteiger partial charge in [-0.2, -0.15) is 0 Å². The lowest BCUT2D eigenvalue weighted by atomic mass is 9.89. The summed E-state index contributed by atoms with van der Waals surface area (Å²) in [6.45, 7) is 3.10. The van der Waals surface area contributed by atoms with Crippen LogP contribution in [0.1, 0.15) is 25.8 Å². The number of carbonyl (C=O) groups is 2. The van der Waals surface area contributed by atoms with Gasteiger partial charge >= 0.3 is 12.3 Å². The summed E-state index contributed by atoms with van der Waals surface area (Å²) in [5.41, 5.74) is 2.78. The smallest absolute Gasteiger partial charge is 0.406 e. The topological polar surface area (TPSA) is 55.8 Å². The Bertz CT molecular complexity index is 893. The molecule has 0 saturated heterocycles. The van der Waals surface area contributed by atoms with E-state index in [0.717, 1.165) is 16.2 Å². The lowest BCUT2D eigenvalue weighted by Crippen LogP contribution is -2.42. The Morgan fingerprint density at radius 3 is 2.36 bits per heavy atom. The van der Waals surface area contributed by atoms with Crippen LogP contribution in [0.25, 0.3) is 11.1 Å². The molecule has 2 aromatic carbocycles. The molecule has 8 heteroatoms. The van der Waals surface area contributed by atoms with E-state index in [0.29, 0.717) is 24.1 Å². The Kier molecular flexibility index (Phi) is 5.31. The number of anilines is 1. The van der Waals surface area contributed by atoms with Crippen LogP contribution in [0.15, 0.2) is 42.5 Å². The van der Waals surface area contributed by atoms with E-state index < -0.39 is 12.3 Å². The Morgan fingerprint density at radius 2 is 1.79 bits per heavy atom. The summed E-state index contributed by atoms with van der Waals surface area (Å²) < 4.78 is 40.8. The Morgan fingerprint density at radius 1 is 1.14 bits per heavy atom. The number of halogens is 3. The summed E-state index contributed by atoms with van der Waals surface area (Å²) in [4.78, 5) is 29.0. The molecule has 1 amide bonds. The second-order valence-electron chi connectivity index (χ2n) is 6.44. The van der Waals surface area contributed by atoms with E-state index in [-0.39, 0.29) is 17.6 Å². The van der Waals surface area contributed by atoms with Crippen molar-refractivity contribution in [2.24, 2.45) is 5.92 Å². The quantitative estimate of drug-likeness (QED) is 0.759. The normalized spacial score (nSPS) is 16.5. The lowest BCUT2D eigenvalue weighted by Gasteiger charge is -2.32. The number of rotatable bonds is 4. The van der Waals surface area contributed by atoms with Gasteiger partial charge in [-0.05, 0) is 53.8 Å². The molecule has 2 aromatic rings. The third-order valence-electron chi connectivity index (χ3n) is 4.45. The van der Waals surface area contributed by atoms with Crippen molar-refractivity contribution in [3.05, 3.63) is 48.0 Å². The largest absolute Gasteiger partial charge is 0.573 e. The van der Waals surface area contributed by atoms with Gasteiger partial charge in [0.25, 0.3) is 5.91 Å². The summed E-state index contributed by atoms with van der Waals surface area (Å²) in [6, 6.07) is 10.8. The fourth-order valence-corrected chi connectivity index (χ4v) is 3.15. The fraction of sp³-hybridized carbons (Fsp3) is 0.300. The number of hydrogen-bond acceptors (Lipinski definition) is 4. The molecule has 1 aliphatic rings. The molecule has 0 fully saturated rings. The van der Waals surface area contributed by atoms with E-state index in [1.54, 1.807) is 12.1 Å². The average molecular weight is 393 g/mol. The number of benzene rings is 2. The SMILES string of the molecule is CCC1Cc2cc(-c3ccc(OC(F)(F)F)cc3)ccc2N(OC(C)=O)C1=O. The highest BCUT2D eigenvalue weighted by atomic mass is 19.4.